The van der Waals surface area contributed by atoms with Gasteiger partial charge in [0.25, 0.3) is 0 Å². The number of anilines is 1. The van der Waals surface area contributed by atoms with Crippen molar-refractivity contribution >= 4 is 39.6 Å². The van der Waals surface area contributed by atoms with E-state index < -0.39 is 7.92 Å². The molecule has 4 heteroatoms. The molecule has 3 aromatic rings. The molecule has 1 heterocycles. The molecule has 0 fully saturated rings. The van der Waals surface area contributed by atoms with Gasteiger partial charge in [-0.1, -0.05) is 72.0 Å². The van der Waals surface area contributed by atoms with Crippen LogP contribution in [0.3, 0.4) is 0 Å². The van der Waals surface area contributed by atoms with Gasteiger partial charge in [0.15, 0.2) is 5.13 Å². The fourth-order valence-electron chi connectivity index (χ4n) is 2.56. The molecule has 0 bridgehead atoms. The number of benzene rings is 2. The number of aromatic nitrogens is 1. The van der Waals surface area contributed by atoms with Gasteiger partial charge in [-0.05, 0) is 32.4 Å². The molecule has 0 aliphatic heterocycles. The highest BCUT2D eigenvalue weighted by Crippen LogP contribution is 2.36. The second-order valence-corrected chi connectivity index (χ2v) is 8.66. The molecule has 1 aromatic heterocycles. The Labute approximate surface area is 143 Å². The summed E-state index contributed by atoms with van der Waals surface area (Å²) in [7, 11) is -0.531. The first-order chi connectivity index (χ1) is 11.3. The Morgan fingerprint density at radius 1 is 0.870 bits per heavy atom. The van der Waals surface area contributed by atoms with Crippen molar-refractivity contribution in [2.24, 2.45) is 0 Å². The van der Waals surface area contributed by atoms with Gasteiger partial charge >= 0.3 is 0 Å². The minimum absolute atomic E-state index is 0.531. The molecule has 2 nitrogen and oxygen atoms in total. The van der Waals surface area contributed by atoms with Crippen LogP contribution in [0.15, 0.2) is 66.9 Å². The van der Waals surface area contributed by atoms with Crippen LogP contribution in [0.25, 0.3) is 0 Å². The van der Waals surface area contributed by atoms with E-state index in [-0.39, 0.29) is 0 Å². The lowest BCUT2D eigenvalue weighted by Gasteiger charge is -2.18. The summed E-state index contributed by atoms with van der Waals surface area (Å²) < 4.78 is 1.36. The summed E-state index contributed by atoms with van der Waals surface area (Å²) in [5, 5.41) is 3.89. The third-order valence-electron chi connectivity index (χ3n) is 3.76. The SMILES string of the molecule is CCN(CC)c1ncc(P(c2ccccc2)c2ccccc2)s1. The number of thiazole rings is 1. The first-order valence-corrected chi connectivity index (χ1v) is 10.1. The molecule has 2 aromatic carbocycles. The fraction of sp³-hybridized carbons (Fsp3) is 0.211. The first kappa shape index (κ1) is 16.2. The number of hydrogen-bond donors (Lipinski definition) is 0. The summed E-state index contributed by atoms with van der Waals surface area (Å²) in [5.74, 6) is 0. The van der Waals surface area contributed by atoms with E-state index in [0.29, 0.717) is 0 Å². The maximum Gasteiger partial charge on any atom is 0.185 e. The van der Waals surface area contributed by atoms with Crippen LogP contribution in [0.5, 0.6) is 0 Å². The predicted molar refractivity (Wildman–Crippen MR) is 104 cm³/mol. The lowest BCUT2D eigenvalue weighted by atomic mass is 10.4. The Morgan fingerprint density at radius 2 is 1.39 bits per heavy atom. The van der Waals surface area contributed by atoms with Crippen molar-refractivity contribution < 1.29 is 0 Å². The molecule has 0 radical (unpaired) electrons. The highest BCUT2D eigenvalue weighted by Gasteiger charge is 2.20. The van der Waals surface area contributed by atoms with E-state index in [4.69, 9.17) is 4.98 Å². The van der Waals surface area contributed by atoms with E-state index in [1.807, 2.05) is 11.3 Å². The van der Waals surface area contributed by atoms with Crippen LogP contribution in [-0.4, -0.2) is 18.1 Å². The van der Waals surface area contributed by atoms with Gasteiger partial charge in [0.05, 0.1) is 4.62 Å². The van der Waals surface area contributed by atoms with Gasteiger partial charge in [0, 0.05) is 19.3 Å². The second-order valence-electron chi connectivity index (χ2n) is 5.16. The fourth-order valence-corrected chi connectivity index (χ4v) is 6.51. The minimum atomic E-state index is -0.531. The molecule has 0 atom stereocenters. The summed E-state index contributed by atoms with van der Waals surface area (Å²) in [6.45, 7) is 6.36. The maximum atomic E-state index is 4.69. The van der Waals surface area contributed by atoms with Gasteiger partial charge in [0.1, 0.15) is 0 Å². The summed E-state index contributed by atoms with van der Waals surface area (Å²) in [5.41, 5.74) is 0. The molecule has 0 spiro atoms. The standard InChI is InChI=1S/C19H21N2PS/c1-3-21(4-2)19-20-15-18(23-19)22(16-11-7-5-8-12-16)17-13-9-6-10-14-17/h5-15H,3-4H2,1-2H3. The van der Waals surface area contributed by atoms with Gasteiger partial charge in [-0.15, -0.1) is 0 Å². The van der Waals surface area contributed by atoms with Crippen molar-refractivity contribution in [2.75, 3.05) is 18.0 Å². The van der Waals surface area contributed by atoms with Crippen LogP contribution >= 0.6 is 19.3 Å². The van der Waals surface area contributed by atoms with E-state index in [1.54, 1.807) is 0 Å². The zero-order chi connectivity index (χ0) is 16.1. The molecule has 0 unspecified atom stereocenters. The van der Waals surface area contributed by atoms with Gasteiger partial charge in [-0.2, -0.15) is 0 Å². The van der Waals surface area contributed by atoms with Crippen molar-refractivity contribution in [3.8, 4) is 0 Å². The number of nitrogens with zero attached hydrogens (tertiary/aromatic N) is 2. The van der Waals surface area contributed by atoms with Crippen molar-refractivity contribution in [1.82, 2.24) is 4.98 Å². The molecule has 0 amide bonds. The van der Waals surface area contributed by atoms with Gasteiger partial charge in [-0.3, -0.25) is 0 Å². The van der Waals surface area contributed by atoms with Crippen molar-refractivity contribution in [3.05, 3.63) is 66.9 Å². The van der Waals surface area contributed by atoms with Crippen molar-refractivity contribution in [3.63, 3.8) is 0 Å². The van der Waals surface area contributed by atoms with E-state index >= 15 is 0 Å². The van der Waals surface area contributed by atoms with Gasteiger partial charge in [0.2, 0.25) is 0 Å². The highest BCUT2D eigenvalue weighted by atomic mass is 32.1. The van der Waals surface area contributed by atoms with Crippen LogP contribution in [0.1, 0.15) is 13.8 Å². The Balaban J connectivity index is 2.03. The highest BCUT2D eigenvalue weighted by molar-refractivity contribution is 7.84. The average molecular weight is 340 g/mol. The van der Waals surface area contributed by atoms with E-state index in [2.05, 4.69) is 85.6 Å². The summed E-state index contributed by atoms with van der Waals surface area (Å²) in [6.07, 6.45) is 2.07. The smallest absolute Gasteiger partial charge is 0.185 e. The topological polar surface area (TPSA) is 16.1 Å². The Morgan fingerprint density at radius 3 is 1.87 bits per heavy atom. The van der Waals surface area contributed by atoms with Gasteiger partial charge < -0.3 is 4.90 Å². The third kappa shape index (κ3) is 3.63. The molecule has 0 saturated carbocycles. The Kier molecular flexibility index (Phi) is 5.43. The monoisotopic (exact) mass is 340 g/mol. The minimum Gasteiger partial charge on any atom is -0.349 e. The average Bonchev–Trinajstić information content (AvgIpc) is 3.08. The van der Waals surface area contributed by atoms with Crippen LogP contribution in [0.4, 0.5) is 5.13 Å². The van der Waals surface area contributed by atoms with Crippen LogP contribution in [0, 0.1) is 0 Å². The molecule has 0 aliphatic carbocycles. The molecular weight excluding hydrogens is 319 g/mol. The third-order valence-corrected chi connectivity index (χ3v) is 7.63. The second kappa shape index (κ2) is 7.72. The van der Waals surface area contributed by atoms with Gasteiger partial charge in [-0.25, -0.2) is 4.98 Å². The zero-order valence-electron chi connectivity index (χ0n) is 13.5. The molecule has 0 aliphatic rings. The number of hydrogen-bond acceptors (Lipinski definition) is 3. The van der Waals surface area contributed by atoms with E-state index in [1.165, 1.54) is 15.2 Å². The molecule has 0 N–H and O–H groups in total. The summed E-state index contributed by atoms with van der Waals surface area (Å²) in [6, 6.07) is 21.6. The van der Waals surface area contributed by atoms with Crippen molar-refractivity contribution in [1.29, 1.82) is 0 Å². The summed E-state index contributed by atoms with van der Waals surface area (Å²) >= 11 is 1.83. The zero-order valence-corrected chi connectivity index (χ0v) is 15.2. The molecule has 3 rings (SSSR count). The Bertz CT molecular complexity index is 684. The molecule has 23 heavy (non-hydrogen) atoms. The Hall–Kier alpha value is -1.70. The van der Waals surface area contributed by atoms with Crippen LogP contribution in [0.2, 0.25) is 0 Å². The maximum absolute atomic E-state index is 4.69. The molecular formula is C19H21N2PS. The predicted octanol–water partition coefficient (Wildman–Crippen LogP) is 3.75. The molecule has 118 valence electrons. The van der Waals surface area contributed by atoms with Crippen molar-refractivity contribution in [2.45, 2.75) is 13.8 Å². The lowest BCUT2D eigenvalue weighted by Crippen LogP contribution is -2.21. The van der Waals surface area contributed by atoms with Crippen LogP contribution in [-0.2, 0) is 0 Å². The number of rotatable bonds is 6. The van der Waals surface area contributed by atoms with Crippen LogP contribution < -0.4 is 20.1 Å². The quantitative estimate of drug-likeness (QED) is 0.636. The largest absolute Gasteiger partial charge is 0.349 e. The molecule has 0 saturated heterocycles. The normalized spacial score (nSPS) is 10.9. The lowest BCUT2D eigenvalue weighted by molar-refractivity contribution is 0.860. The van der Waals surface area contributed by atoms with E-state index in [9.17, 15) is 0 Å². The summed E-state index contributed by atoms with van der Waals surface area (Å²) in [4.78, 5) is 7.01. The first-order valence-electron chi connectivity index (χ1n) is 7.94. The van der Waals surface area contributed by atoms with E-state index in [0.717, 1.165) is 18.2 Å².